The van der Waals surface area contributed by atoms with E-state index in [0.717, 1.165) is 27.8 Å². The molecule has 0 aliphatic heterocycles. The summed E-state index contributed by atoms with van der Waals surface area (Å²) in [5.41, 5.74) is 4.55. The molecule has 0 radical (unpaired) electrons. The number of hydrogen-bond acceptors (Lipinski definition) is 6. The molecule has 0 fully saturated rings. The lowest BCUT2D eigenvalue weighted by Gasteiger charge is -2.02. The Labute approximate surface area is 113 Å². The van der Waals surface area contributed by atoms with Gasteiger partial charge in [0, 0.05) is 30.4 Å². The topological polar surface area (TPSA) is 77.3 Å². The highest BCUT2D eigenvalue weighted by Crippen LogP contribution is 2.20. The molecule has 4 aromatic rings. The second-order valence-corrected chi connectivity index (χ2v) is 4.24. The van der Waals surface area contributed by atoms with Crippen LogP contribution in [0.2, 0.25) is 0 Å². The van der Waals surface area contributed by atoms with E-state index in [1.54, 1.807) is 37.2 Å². The summed E-state index contributed by atoms with van der Waals surface area (Å²) in [5.74, 6) is 0. The zero-order chi connectivity index (χ0) is 13.4. The van der Waals surface area contributed by atoms with Crippen LogP contribution in [0.3, 0.4) is 0 Å². The molecule has 4 rings (SSSR count). The summed E-state index contributed by atoms with van der Waals surface area (Å²) in [7, 11) is 0. The van der Waals surface area contributed by atoms with Gasteiger partial charge in [-0.05, 0) is 12.1 Å². The van der Waals surface area contributed by atoms with Gasteiger partial charge in [0.15, 0.2) is 5.65 Å². The highest BCUT2D eigenvalue weighted by molar-refractivity contribution is 5.79. The van der Waals surface area contributed by atoms with Gasteiger partial charge in [-0.3, -0.25) is 15.0 Å². The van der Waals surface area contributed by atoms with E-state index < -0.39 is 0 Å². The molecule has 0 aromatic carbocycles. The standard InChI is InChI=1S/C14H8N6/c1-2-15-7-13-10(1)20-12(8-18-13)9-5-11-14(19-6-9)17-4-3-16-11/h1-8H. The normalized spacial score (nSPS) is 11.0. The lowest BCUT2D eigenvalue weighted by molar-refractivity contribution is 1.21. The fourth-order valence-electron chi connectivity index (χ4n) is 2.00. The molecule has 0 bridgehead atoms. The van der Waals surface area contributed by atoms with E-state index in [1.165, 1.54) is 0 Å². The molecular formula is C14H8N6. The van der Waals surface area contributed by atoms with Crippen molar-refractivity contribution in [1.29, 1.82) is 0 Å². The quantitative estimate of drug-likeness (QED) is 0.521. The van der Waals surface area contributed by atoms with Crippen LogP contribution in [0.15, 0.2) is 49.3 Å². The zero-order valence-corrected chi connectivity index (χ0v) is 10.3. The molecule has 0 aliphatic carbocycles. The number of aromatic nitrogens is 6. The van der Waals surface area contributed by atoms with Gasteiger partial charge in [-0.25, -0.2) is 15.0 Å². The second-order valence-electron chi connectivity index (χ2n) is 4.24. The van der Waals surface area contributed by atoms with Crippen LogP contribution in [-0.4, -0.2) is 29.9 Å². The second kappa shape index (κ2) is 4.27. The first-order valence-electron chi connectivity index (χ1n) is 6.04. The first kappa shape index (κ1) is 10.9. The van der Waals surface area contributed by atoms with Crippen molar-refractivity contribution < 1.29 is 0 Å². The SMILES string of the molecule is c1cc2nc(-c3cnc4nccnc4c3)cnc2cn1. The highest BCUT2D eigenvalue weighted by Gasteiger charge is 2.05. The number of rotatable bonds is 1. The van der Waals surface area contributed by atoms with Crippen LogP contribution >= 0.6 is 0 Å². The highest BCUT2D eigenvalue weighted by atomic mass is 14.9. The third-order valence-electron chi connectivity index (χ3n) is 2.96. The molecule has 0 unspecified atom stereocenters. The average Bonchev–Trinajstić information content (AvgIpc) is 2.54. The van der Waals surface area contributed by atoms with Crippen molar-refractivity contribution in [3.63, 3.8) is 0 Å². The van der Waals surface area contributed by atoms with Crippen LogP contribution in [-0.2, 0) is 0 Å². The van der Waals surface area contributed by atoms with Gasteiger partial charge in [0.2, 0.25) is 0 Å². The summed E-state index contributed by atoms with van der Waals surface area (Å²) < 4.78 is 0. The third-order valence-corrected chi connectivity index (χ3v) is 2.96. The van der Waals surface area contributed by atoms with Gasteiger partial charge >= 0.3 is 0 Å². The Balaban J connectivity index is 1.91. The van der Waals surface area contributed by atoms with E-state index in [9.17, 15) is 0 Å². The maximum Gasteiger partial charge on any atom is 0.178 e. The Kier molecular flexibility index (Phi) is 2.32. The van der Waals surface area contributed by atoms with Gasteiger partial charge in [0.1, 0.15) is 11.0 Å². The van der Waals surface area contributed by atoms with Crippen molar-refractivity contribution in [2.75, 3.05) is 0 Å². The summed E-state index contributed by atoms with van der Waals surface area (Å²) in [4.78, 5) is 25.6. The van der Waals surface area contributed by atoms with Crippen molar-refractivity contribution in [2.24, 2.45) is 0 Å². The molecule has 20 heavy (non-hydrogen) atoms. The Morgan fingerprint density at radius 2 is 1.65 bits per heavy atom. The van der Waals surface area contributed by atoms with E-state index in [4.69, 9.17) is 0 Å². The minimum atomic E-state index is 0.620. The van der Waals surface area contributed by atoms with Crippen LogP contribution in [0, 0.1) is 0 Å². The predicted molar refractivity (Wildman–Crippen MR) is 73.7 cm³/mol. The van der Waals surface area contributed by atoms with Gasteiger partial charge in [0.25, 0.3) is 0 Å². The van der Waals surface area contributed by atoms with Gasteiger partial charge in [-0.2, -0.15) is 0 Å². The lowest BCUT2D eigenvalue weighted by Crippen LogP contribution is -1.92. The summed E-state index contributed by atoms with van der Waals surface area (Å²) in [6.45, 7) is 0. The van der Waals surface area contributed by atoms with Gasteiger partial charge in [0.05, 0.1) is 23.6 Å². The van der Waals surface area contributed by atoms with E-state index in [-0.39, 0.29) is 0 Å². The molecule has 94 valence electrons. The van der Waals surface area contributed by atoms with Gasteiger partial charge in [-0.1, -0.05) is 0 Å². The molecule has 0 saturated heterocycles. The molecule has 0 N–H and O–H groups in total. The van der Waals surface area contributed by atoms with Crippen LogP contribution in [0.25, 0.3) is 33.5 Å². The van der Waals surface area contributed by atoms with E-state index in [2.05, 4.69) is 29.9 Å². The smallest absolute Gasteiger partial charge is 0.178 e. The van der Waals surface area contributed by atoms with Crippen LogP contribution < -0.4 is 0 Å². The van der Waals surface area contributed by atoms with Crippen molar-refractivity contribution >= 4 is 22.2 Å². The molecule has 0 spiro atoms. The molecule has 0 aliphatic rings. The van der Waals surface area contributed by atoms with E-state index in [1.807, 2.05) is 12.1 Å². The minimum absolute atomic E-state index is 0.620. The van der Waals surface area contributed by atoms with Crippen LogP contribution in [0.1, 0.15) is 0 Å². The fourth-order valence-corrected chi connectivity index (χ4v) is 2.00. The number of pyridine rings is 2. The van der Waals surface area contributed by atoms with E-state index >= 15 is 0 Å². The largest absolute Gasteiger partial charge is 0.262 e. The molecule has 4 heterocycles. The number of fused-ring (bicyclic) bond motifs is 2. The molecule has 6 nitrogen and oxygen atoms in total. The van der Waals surface area contributed by atoms with Crippen LogP contribution in [0.5, 0.6) is 0 Å². The van der Waals surface area contributed by atoms with Crippen molar-refractivity contribution in [1.82, 2.24) is 29.9 Å². The Morgan fingerprint density at radius 3 is 2.65 bits per heavy atom. The van der Waals surface area contributed by atoms with Crippen molar-refractivity contribution in [3.05, 3.63) is 49.3 Å². The third kappa shape index (κ3) is 1.74. The minimum Gasteiger partial charge on any atom is -0.262 e. The average molecular weight is 260 g/mol. The number of hydrogen-bond donors (Lipinski definition) is 0. The molecular weight excluding hydrogens is 252 g/mol. The van der Waals surface area contributed by atoms with E-state index in [0.29, 0.717) is 5.65 Å². The Bertz CT molecular complexity index is 844. The number of nitrogens with zero attached hydrogens (tertiary/aromatic N) is 6. The van der Waals surface area contributed by atoms with Crippen LogP contribution in [0.4, 0.5) is 0 Å². The summed E-state index contributed by atoms with van der Waals surface area (Å²) in [6, 6.07) is 3.74. The molecule has 0 amide bonds. The lowest BCUT2D eigenvalue weighted by atomic mass is 10.2. The fraction of sp³-hybridized carbons (Fsp3) is 0. The van der Waals surface area contributed by atoms with Gasteiger partial charge < -0.3 is 0 Å². The Morgan fingerprint density at radius 1 is 0.700 bits per heavy atom. The zero-order valence-electron chi connectivity index (χ0n) is 10.3. The maximum absolute atomic E-state index is 4.56. The first-order chi connectivity index (χ1) is 9.90. The monoisotopic (exact) mass is 260 g/mol. The maximum atomic E-state index is 4.56. The Hall–Kier alpha value is -3.02. The summed E-state index contributed by atoms with van der Waals surface area (Å²) in [5, 5.41) is 0. The molecule has 6 heteroatoms. The first-order valence-corrected chi connectivity index (χ1v) is 6.04. The predicted octanol–water partition coefficient (Wildman–Crippen LogP) is 2.03. The van der Waals surface area contributed by atoms with Gasteiger partial charge in [-0.15, -0.1) is 0 Å². The summed E-state index contributed by atoms with van der Waals surface area (Å²) in [6.07, 6.45) is 10.1. The van der Waals surface area contributed by atoms with Crippen molar-refractivity contribution in [2.45, 2.75) is 0 Å². The molecule has 0 saturated carbocycles. The molecule has 0 atom stereocenters. The molecule has 4 aromatic heterocycles. The van der Waals surface area contributed by atoms with Crippen molar-refractivity contribution in [3.8, 4) is 11.3 Å². The summed E-state index contributed by atoms with van der Waals surface area (Å²) >= 11 is 0.